The lowest BCUT2D eigenvalue weighted by Gasteiger charge is -2.12. The summed E-state index contributed by atoms with van der Waals surface area (Å²) in [5, 5.41) is 0. The van der Waals surface area contributed by atoms with E-state index < -0.39 is 18.1 Å². The van der Waals surface area contributed by atoms with Gasteiger partial charge in [0.1, 0.15) is 11.6 Å². The summed E-state index contributed by atoms with van der Waals surface area (Å²) in [6, 6.07) is 3.67. The molecule has 1 aromatic carbocycles. The maximum absolute atomic E-state index is 13.2. The molecule has 0 radical (unpaired) electrons. The molecule has 1 atom stereocenters. The van der Waals surface area contributed by atoms with Crippen molar-refractivity contribution in [3.05, 3.63) is 29.6 Å². The van der Waals surface area contributed by atoms with Crippen LogP contribution in [0.5, 0.6) is 5.75 Å². The standard InChI is InChI=1S/C11H12F2O3/c1-3-15-11(14)10(13)16-9-6-8(12)5-4-7(9)2/h4-6,10H,3H2,1-2H3. The summed E-state index contributed by atoms with van der Waals surface area (Å²) in [6.45, 7) is 3.23. The Hall–Kier alpha value is -1.65. The highest BCUT2D eigenvalue weighted by Crippen LogP contribution is 2.20. The maximum atomic E-state index is 13.2. The van der Waals surface area contributed by atoms with Crippen LogP contribution in [0.1, 0.15) is 12.5 Å². The van der Waals surface area contributed by atoms with Crippen molar-refractivity contribution in [2.24, 2.45) is 0 Å². The number of carbonyl (C=O) groups excluding carboxylic acids is 1. The first-order chi connectivity index (χ1) is 7.54. The van der Waals surface area contributed by atoms with E-state index in [4.69, 9.17) is 0 Å². The van der Waals surface area contributed by atoms with Crippen LogP contribution in [0.4, 0.5) is 8.78 Å². The van der Waals surface area contributed by atoms with E-state index in [9.17, 15) is 13.6 Å². The molecular formula is C11H12F2O3. The predicted molar refractivity (Wildman–Crippen MR) is 53.3 cm³/mol. The normalized spacial score (nSPS) is 12.0. The summed E-state index contributed by atoms with van der Waals surface area (Å²) < 4.78 is 35.1. The number of esters is 1. The first-order valence-electron chi connectivity index (χ1n) is 4.78. The topological polar surface area (TPSA) is 35.5 Å². The van der Waals surface area contributed by atoms with Crippen LogP contribution in [0.2, 0.25) is 0 Å². The van der Waals surface area contributed by atoms with Gasteiger partial charge in [-0.1, -0.05) is 6.07 Å². The van der Waals surface area contributed by atoms with E-state index in [1.807, 2.05) is 0 Å². The lowest BCUT2D eigenvalue weighted by atomic mass is 10.2. The third-order valence-electron chi connectivity index (χ3n) is 1.85. The summed E-state index contributed by atoms with van der Waals surface area (Å²) in [5.41, 5.74) is 0.536. The Morgan fingerprint density at radius 2 is 2.19 bits per heavy atom. The molecule has 0 aliphatic carbocycles. The van der Waals surface area contributed by atoms with Crippen LogP contribution in [-0.4, -0.2) is 18.9 Å². The van der Waals surface area contributed by atoms with E-state index in [1.165, 1.54) is 12.1 Å². The van der Waals surface area contributed by atoms with Gasteiger partial charge in [0, 0.05) is 6.07 Å². The van der Waals surface area contributed by atoms with Gasteiger partial charge in [-0.05, 0) is 25.5 Å². The number of hydrogen-bond acceptors (Lipinski definition) is 3. The van der Waals surface area contributed by atoms with Gasteiger partial charge in [-0.15, -0.1) is 0 Å². The van der Waals surface area contributed by atoms with Crippen LogP contribution in [0.15, 0.2) is 18.2 Å². The second-order valence-corrected chi connectivity index (χ2v) is 3.10. The molecule has 1 unspecified atom stereocenters. The van der Waals surface area contributed by atoms with Gasteiger partial charge >= 0.3 is 12.3 Å². The van der Waals surface area contributed by atoms with E-state index >= 15 is 0 Å². The van der Waals surface area contributed by atoms with Crippen LogP contribution in [0, 0.1) is 12.7 Å². The molecule has 1 rings (SSSR count). The highest BCUT2D eigenvalue weighted by molar-refractivity contribution is 5.73. The highest BCUT2D eigenvalue weighted by atomic mass is 19.1. The van der Waals surface area contributed by atoms with Crippen LogP contribution >= 0.6 is 0 Å². The van der Waals surface area contributed by atoms with Crippen molar-refractivity contribution in [1.82, 2.24) is 0 Å². The van der Waals surface area contributed by atoms with E-state index in [-0.39, 0.29) is 12.4 Å². The number of aryl methyl sites for hydroxylation is 1. The molecule has 5 heteroatoms. The number of benzene rings is 1. The lowest BCUT2D eigenvalue weighted by molar-refractivity contribution is -0.159. The Balaban J connectivity index is 2.72. The summed E-state index contributed by atoms with van der Waals surface area (Å²) in [5.74, 6) is -1.69. The molecule has 0 N–H and O–H groups in total. The molecule has 0 saturated heterocycles. The van der Waals surface area contributed by atoms with Crippen LogP contribution < -0.4 is 4.74 Å². The smallest absolute Gasteiger partial charge is 0.381 e. The third kappa shape index (κ3) is 3.18. The van der Waals surface area contributed by atoms with Gasteiger partial charge in [-0.25, -0.2) is 9.18 Å². The second-order valence-electron chi connectivity index (χ2n) is 3.10. The molecule has 0 aliphatic rings. The molecule has 0 bridgehead atoms. The van der Waals surface area contributed by atoms with E-state index in [1.54, 1.807) is 13.8 Å². The lowest BCUT2D eigenvalue weighted by Crippen LogP contribution is -2.25. The number of alkyl halides is 1. The van der Waals surface area contributed by atoms with Crippen molar-refractivity contribution in [3.63, 3.8) is 0 Å². The van der Waals surface area contributed by atoms with Crippen molar-refractivity contribution in [2.75, 3.05) is 6.61 Å². The first kappa shape index (κ1) is 12.4. The molecule has 0 heterocycles. The Kier molecular flexibility index (Phi) is 4.22. The third-order valence-corrected chi connectivity index (χ3v) is 1.85. The molecule has 0 aromatic heterocycles. The molecule has 3 nitrogen and oxygen atoms in total. The average Bonchev–Trinajstić information content (AvgIpc) is 2.23. The SMILES string of the molecule is CCOC(=O)C(F)Oc1cc(F)ccc1C. The zero-order valence-corrected chi connectivity index (χ0v) is 9.00. The molecule has 0 saturated carbocycles. The Morgan fingerprint density at radius 1 is 1.50 bits per heavy atom. The molecule has 0 fully saturated rings. The number of hydrogen-bond donors (Lipinski definition) is 0. The first-order valence-corrected chi connectivity index (χ1v) is 4.78. The van der Waals surface area contributed by atoms with Crippen molar-refractivity contribution in [3.8, 4) is 5.75 Å². The molecular weight excluding hydrogens is 218 g/mol. The van der Waals surface area contributed by atoms with Gasteiger partial charge < -0.3 is 9.47 Å². The number of halogens is 2. The van der Waals surface area contributed by atoms with Crippen LogP contribution in [0.25, 0.3) is 0 Å². The Labute approximate surface area is 92.0 Å². The predicted octanol–water partition coefficient (Wildman–Crippen LogP) is 2.37. The Bertz CT molecular complexity index is 379. The van der Waals surface area contributed by atoms with Gasteiger partial charge in [0.25, 0.3) is 0 Å². The average molecular weight is 230 g/mol. The second kappa shape index (κ2) is 5.44. The van der Waals surface area contributed by atoms with E-state index in [2.05, 4.69) is 9.47 Å². The van der Waals surface area contributed by atoms with Crippen molar-refractivity contribution >= 4 is 5.97 Å². The zero-order chi connectivity index (χ0) is 12.1. The summed E-state index contributed by atoms with van der Waals surface area (Å²) in [4.78, 5) is 10.9. The summed E-state index contributed by atoms with van der Waals surface area (Å²) >= 11 is 0. The number of carbonyl (C=O) groups is 1. The molecule has 16 heavy (non-hydrogen) atoms. The zero-order valence-electron chi connectivity index (χ0n) is 9.00. The number of rotatable bonds is 4. The number of ether oxygens (including phenoxy) is 2. The highest BCUT2D eigenvalue weighted by Gasteiger charge is 2.21. The Morgan fingerprint density at radius 3 is 2.81 bits per heavy atom. The minimum absolute atomic E-state index is 0.0134. The fraction of sp³-hybridized carbons (Fsp3) is 0.364. The van der Waals surface area contributed by atoms with Gasteiger partial charge in [-0.3, -0.25) is 0 Å². The summed E-state index contributed by atoms with van der Waals surface area (Å²) in [7, 11) is 0. The van der Waals surface area contributed by atoms with E-state index in [0.717, 1.165) is 6.07 Å². The fourth-order valence-electron chi connectivity index (χ4n) is 1.07. The van der Waals surface area contributed by atoms with E-state index in [0.29, 0.717) is 5.56 Å². The minimum atomic E-state index is -2.24. The van der Waals surface area contributed by atoms with Crippen molar-refractivity contribution < 1.29 is 23.0 Å². The van der Waals surface area contributed by atoms with Gasteiger partial charge in [0.2, 0.25) is 0 Å². The van der Waals surface area contributed by atoms with Crippen molar-refractivity contribution in [1.29, 1.82) is 0 Å². The largest absolute Gasteiger partial charge is 0.461 e. The quantitative estimate of drug-likeness (QED) is 0.745. The molecule has 0 spiro atoms. The fourth-order valence-corrected chi connectivity index (χ4v) is 1.07. The van der Waals surface area contributed by atoms with Crippen LogP contribution in [-0.2, 0) is 9.53 Å². The maximum Gasteiger partial charge on any atom is 0.381 e. The summed E-state index contributed by atoms with van der Waals surface area (Å²) in [6.07, 6.45) is -2.24. The van der Waals surface area contributed by atoms with Gasteiger partial charge in [0.05, 0.1) is 6.61 Å². The van der Waals surface area contributed by atoms with Gasteiger partial charge in [0.15, 0.2) is 0 Å². The molecule has 1 aromatic rings. The van der Waals surface area contributed by atoms with Crippen LogP contribution in [0.3, 0.4) is 0 Å². The minimum Gasteiger partial charge on any atom is -0.461 e. The van der Waals surface area contributed by atoms with Crippen molar-refractivity contribution in [2.45, 2.75) is 20.2 Å². The molecule has 88 valence electrons. The molecule has 0 amide bonds. The van der Waals surface area contributed by atoms with Gasteiger partial charge in [-0.2, -0.15) is 4.39 Å². The monoisotopic (exact) mass is 230 g/mol. The molecule has 0 aliphatic heterocycles.